The molecule has 0 aromatic carbocycles. The predicted molar refractivity (Wildman–Crippen MR) is 58.3 cm³/mol. The highest BCUT2D eigenvalue weighted by atomic mass is 16.6. The van der Waals surface area contributed by atoms with Crippen molar-refractivity contribution in [3.05, 3.63) is 23.0 Å². The number of esters is 1. The highest BCUT2D eigenvalue weighted by Crippen LogP contribution is 2.32. The van der Waals surface area contributed by atoms with E-state index in [2.05, 4.69) is 0 Å². The monoisotopic (exact) mass is 210 g/mol. The summed E-state index contributed by atoms with van der Waals surface area (Å²) in [4.78, 5) is 11.8. The van der Waals surface area contributed by atoms with Crippen LogP contribution >= 0.6 is 0 Å². The lowest BCUT2D eigenvalue weighted by atomic mass is 9.94. The van der Waals surface area contributed by atoms with Crippen molar-refractivity contribution in [3.8, 4) is 0 Å². The average Bonchev–Trinajstić information content (AvgIpc) is 2.14. The Bertz CT molecular complexity index is 335. The van der Waals surface area contributed by atoms with Crippen LogP contribution in [0.25, 0.3) is 0 Å². The van der Waals surface area contributed by atoms with Gasteiger partial charge in [-0.1, -0.05) is 6.08 Å². The molecule has 3 nitrogen and oxygen atoms in total. The summed E-state index contributed by atoms with van der Waals surface area (Å²) in [5.74, 6) is 0.422. The minimum atomic E-state index is -0.472. The fourth-order valence-electron chi connectivity index (χ4n) is 1.63. The molecule has 1 rings (SSSR count). The lowest BCUT2D eigenvalue weighted by molar-refractivity contribution is -0.154. The van der Waals surface area contributed by atoms with Gasteiger partial charge in [-0.2, -0.15) is 0 Å². The summed E-state index contributed by atoms with van der Waals surface area (Å²) < 4.78 is 10.6. The van der Waals surface area contributed by atoms with E-state index in [-0.39, 0.29) is 5.97 Å². The van der Waals surface area contributed by atoms with Crippen LogP contribution in [0.1, 0.15) is 34.1 Å². The summed E-state index contributed by atoms with van der Waals surface area (Å²) in [6.45, 7) is 7.54. The highest BCUT2D eigenvalue weighted by Gasteiger charge is 2.35. The summed E-state index contributed by atoms with van der Waals surface area (Å²) in [7, 11) is 1.59. The molecule has 0 radical (unpaired) electrons. The summed E-state index contributed by atoms with van der Waals surface area (Å²) in [6, 6.07) is 0. The van der Waals surface area contributed by atoms with Gasteiger partial charge in [0, 0.05) is 6.42 Å². The first kappa shape index (κ1) is 11.8. The summed E-state index contributed by atoms with van der Waals surface area (Å²) >= 11 is 0. The molecular formula is C12H18O3. The largest absolute Gasteiger partial charge is 0.500 e. The molecule has 0 amide bonds. The third-order valence-corrected chi connectivity index (χ3v) is 2.51. The summed E-state index contributed by atoms with van der Waals surface area (Å²) in [5, 5.41) is 0. The molecule has 0 saturated carbocycles. The molecule has 0 aliphatic carbocycles. The van der Waals surface area contributed by atoms with Crippen molar-refractivity contribution in [2.75, 3.05) is 7.11 Å². The van der Waals surface area contributed by atoms with E-state index < -0.39 is 5.60 Å². The van der Waals surface area contributed by atoms with E-state index in [1.54, 1.807) is 7.11 Å². The first-order valence-electron chi connectivity index (χ1n) is 5.05. The Hall–Kier alpha value is -1.25. The van der Waals surface area contributed by atoms with Crippen LogP contribution in [-0.4, -0.2) is 18.7 Å². The lowest BCUT2D eigenvalue weighted by Crippen LogP contribution is -2.35. The molecule has 0 N–H and O–H groups in total. The standard InChI is InChI=1S/C12H18O3/c1-6-8(2)10-9(14-5)7-12(3,4)15-11(10)13/h6H,7H2,1-5H3/b8-6+. The molecule has 0 fully saturated rings. The second-order valence-corrected chi connectivity index (χ2v) is 4.30. The maximum Gasteiger partial charge on any atom is 0.342 e. The van der Waals surface area contributed by atoms with Gasteiger partial charge >= 0.3 is 5.97 Å². The zero-order valence-corrected chi connectivity index (χ0v) is 10.0. The van der Waals surface area contributed by atoms with E-state index in [4.69, 9.17) is 9.47 Å². The lowest BCUT2D eigenvalue weighted by Gasteiger charge is -2.32. The van der Waals surface area contributed by atoms with Crippen LogP contribution in [-0.2, 0) is 14.3 Å². The zero-order chi connectivity index (χ0) is 11.6. The van der Waals surface area contributed by atoms with Gasteiger partial charge in [0.05, 0.1) is 7.11 Å². The van der Waals surface area contributed by atoms with Gasteiger partial charge in [-0.15, -0.1) is 0 Å². The Kier molecular flexibility index (Phi) is 3.22. The normalized spacial score (nSPS) is 21.4. The molecule has 15 heavy (non-hydrogen) atoms. The Morgan fingerprint density at radius 2 is 2.13 bits per heavy atom. The van der Waals surface area contributed by atoms with Crippen molar-refractivity contribution in [2.45, 2.75) is 39.7 Å². The second kappa shape index (κ2) is 4.09. The van der Waals surface area contributed by atoms with Crippen LogP contribution in [0.5, 0.6) is 0 Å². The van der Waals surface area contributed by atoms with Crippen molar-refractivity contribution in [2.24, 2.45) is 0 Å². The van der Waals surface area contributed by atoms with Crippen LogP contribution in [0.15, 0.2) is 23.0 Å². The topological polar surface area (TPSA) is 35.5 Å². The fourth-order valence-corrected chi connectivity index (χ4v) is 1.63. The van der Waals surface area contributed by atoms with Crippen molar-refractivity contribution >= 4 is 5.97 Å². The molecule has 0 aromatic rings. The first-order valence-corrected chi connectivity index (χ1v) is 5.05. The number of hydrogen-bond donors (Lipinski definition) is 0. The van der Waals surface area contributed by atoms with Crippen LogP contribution in [0, 0.1) is 0 Å². The maximum atomic E-state index is 11.8. The van der Waals surface area contributed by atoms with E-state index in [9.17, 15) is 4.79 Å². The van der Waals surface area contributed by atoms with Crippen LogP contribution in [0.4, 0.5) is 0 Å². The Balaban J connectivity index is 3.19. The highest BCUT2D eigenvalue weighted by molar-refractivity contribution is 5.94. The van der Waals surface area contributed by atoms with Crippen LogP contribution in [0.2, 0.25) is 0 Å². The molecule has 3 heteroatoms. The Morgan fingerprint density at radius 1 is 1.53 bits per heavy atom. The number of rotatable bonds is 2. The fraction of sp³-hybridized carbons (Fsp3) is 0.583. The van der Waals surface area contributed by atoms with Gasteiger partial charge in [-0.25, -0.2) is 4.79 Å². The summed E-state index contributed by atoms with van der Waals surface area (Å²) in [5.41, 5.74) is 0.992. The van der Waals surface area contributed by atoms with E-state index in [0.717, 1.165) is 5.57 Å². The van der Waals surface area contributed by atoms with Gasteiger partial charge in [-0.05, 0) is 33.3 Å². The minimum Gasteiger partial charge on any atom is -0.500 e. The van der Waals surface area contributed by atoms with E-state index in [1.165, 1.54) is 0 Å². The van der Waals surface area contributed by atoms with Crippen LogP contribution in [0.3, 0.4) is 0 Å². The molecule has 1 aliphatic heterocycles. The Morgan fingerprint density at radius 3 is 2.60 bits per heavy atom. The number of allylic oxidation sites excluding steroid dienone is 1. The van der Waals surface area contributed by atoms with Gasteiger partial charge in [0.25, 0.3) is 0 Å². The molecule has 0 bridgehead atoms. The molecule has 0 unspecified atom stereocenters. The third kappa shape index (κ3) is 2.41. The molecule has 1 aliphatic rings. The molecular weight excluding hydrogens is 192 g/mol. The van der Waals surface area contributed by atoms with E-state index in [0.29, 0.717) is 17.8 Å². The molecule has 0 atom stereocenters. The average molecular weight is 210 g/mol. The molecule has 0 aromatic heterocycles. The van der Waals surface area contributed by atoms with Gasteiger partial charge in [0.15, 0.2) is 0 Å². The number of ether oxygens (including phenoxy) is 2. The van der Waals surface area contributed by atoms with Gasteiger partial charge in [0.1, 0.15) is 16.9 Å². The molecule has 84 valence electrons. The number of hydrogen-bond acceptors (Lipinski definition) is 3. The number of methoxy groups -OCH3 is 1. The quantitative estimate of drug-likeness (QED) is 0.657. The number of carbonyl (C=O) groups is 1. The van der Waals surface area contributed by atoms with Gasteiger partial charge in [0.2, 0.25) is 0 Å². The van der Waals surface area contributed by atoms with E-state index >= 15 is 0 Å². The number of carbonyl (C=O) groups excluding carboxylic acids is 1. The minimum absolute atomic E-state index is 0.293. The second-order valence-electron chi connectivity index (χ2n) is 4.30. The first-order chi connectivity index (χ1) is 6.91. The van der Waals surface area contributed by atoms with Crippen molar-refractivity contribution in [1.82, 2.24) is 0 Å². The third-order valence-electron chi connectivity index (χ3n) is 2.51. The van der Waals surface area contributed by atoms with E-state index in [1.807, 2.05) is 33.8 Å². The maximum absolute atomic E-state index is 11.8. The summed E-state index contributed by atoms with van der Waals surface area (Å²) in [6.07, 6.45) is 2.50. The van der Waals surface area contributed by atoms with Gasteiger partial charge in [-0.3, -0.25) is 0 Å². The predicted octanol–water partition coefficient (Wildman–Crippen LogP) is 2.58. The van der Waals surface area contributed by atoms with Crippen molar-refractivity contribution < 1.29 is 14.3 Å². The van der Waals surface area contributed by atoms with Crippen LogP contribution < -0.4 is 0 Å². The smallest absolute Gasteiger partial charge is 0.342 e. The SMILES string of the molecule is C/C=C(\C)C1=C(OC)CC(C)(C)OC1=O. The molecule has 0 saturated heterocycles. The molecule has 1 heterocycles. The van der Waals surface area contributed by atoms with Crippen molar-refractivity contribution in [3.63, 3.8) is 0 Å². The molecule has 0 spiro atoms. The zero-order valence-electron chi connectivity index (χ0n) is 10.0. The van der Waals surface area contributed by atoms with Gasteiger partial charge < -0.3 is 9.47 Å². The Labute approximate surface area is 90.8 Å². The van der Waals surface area contributed by atoms with Crippen molar-refractivity contribution in [1.29, 1.82) is 0 Å². The number of cyclic esters (lactones) is 1.